The first-order chi connectivity index (χ1) is 7.57. The molecule has 16 heavy (non-hydrogen) atoms. The van der Waals surface area contributed by atoms with E-state index in [9.17, 15) is 9.18 Å². The SMILES string of the molecule is NC1(CC(=O)Nc2ccc(F)nc2)CCC1. The van der Waals surface area contributed by atoms with Crippen molar-refractivity contribution in [3.8, 4) is 0 Å². The summed E-state index contributed by atoms with van der Waals surface area (Å²) < 4.78 is 12.5. The summed E-state index contributed by atoms with van der Waals surface area (Å²) in [6.45, 7) is 0. The Morgan fingerprint density at radius 2 is 2.31 bits per heavy atom. The van der Waals surface area contributed by atoms with E-state index in [2.05, 4.69) is 10.3 Å². The van der Waals surface area contributed by atoms with E-state index < -0.39 is 5.95 Å². The van der Waals surface area contributed by atoms with Crippen LogP contribution in [0.25, 0.3) is 0 Å². The topological polar surface area (TPSA) is 68.0 Å². The number of carbonyl (C=O) groups excluding carboxylic acids is 1. The fourth-order valence-electron chi connectivity index (χ4n) is 1.78. The minimum absolute atomic E-state index is 0.143. The predicted octanol–water partition coefficient (Wildman–Crippen LogP) is 1.43. The molecule has 3 N–H and O–H groups in total. The molecule has 0 aliphatic heterocycles. The van der Waals surface area contributed by atoms with E-state index in [0.29, 0.717) is 12.1 Å². The third-order valence-corrected chi connectivity index (χ3v) is 2.87. The molecule has 0 radical (unpaired) electrons. The van der Waals surface area contributed by atoms with Gasteiger partial charge in [-0.05, 0) is 31.4 Å². The van der Waals surface area contributed by atoms with Crippen LogP contribution in [0.15, 0.2) is 18.3 Å². The normalized spacial score (nSPS) is 17.6. The van der Waals surface area contributed by atoms with Crippen LogP contribution in [-0.2, 0) is 4.79 Å². The Morgan fingerprint density at radius 3 is 2.81 bits per heavy atom. The minimum Gasteiger partial charge on any atom is -0.325 e. The standard InChI is InChI=1S/C11H14FN3O/c12-9-3-2-8(7-14-9)15-10(16)6-11(13)4-1-5-11/h2-3,7H,1,4-6,13H2,(H,15,16). The molecule has 0 unspecified atom stereocenters. The van der Waals surface area contributed by atoms with Crippen molar-refractivity contribution >= 4 is 11.6 Å². The number of amides is 1. The first kappa shape index (κ1) is 11.0. The van der Waals surface area contributed by atoms with Crippen molar-refractivity contribution < 1.29 is 9.18 Å². The summed E-state index contributed by atoms with van der Waals surface area (Å²) in [6, 6.07) is 2.68. The number of aromatic nitrogens is 1. The average molecular weight is 223 g/mol. The van der Waals surface area contributed by atoms with Gasteiger partial charge in [0.15, 0.2) is 0 Å². The lowest BCUT2D eigenvalue weighted by Gasteiger charge is -2.37. The van der Waals surface area contributed by atoms with E-state index >= 15 is 0 Å². The zero-order valence-corrected chi connectivity index (χ0v) is 8.87. The molecular formula is C11H14FN3O. The summed E-state index contributed by atoms with van der Waals surface area (Å²) in [4.78, 5) is 15.0. The number of halogens is 1. The molecule has 1 heterocycles. The molecule has 2 rings (SSSR count). The Bertz CT molecular complexity index is 387. The van der Waals surface area contributed by atoms with Gasteiger partial charge in [-0.2, -0.15) is 4.39 Å². The van der Waals surface area contributed by atoms with Gasteiger partial charge in [0.05, 0.1) is 11.9 Å². The van der Waals surface area contributed by atoms with Crippen molar-refractivity contribution in [1.29, 1.82) is 0 Å². The minimum atomic E-state index is -0.563. The predicted molar refractivity (Wildman–Crippen MR) is 58.2 cm³/mol. The van der Waals surface area contributed by atoms with Crippen molar-refractivity contribution in [1.82, 2.24) is 4.98 Å². The average Bonchev–Trinajstić information content (AvgIpc) is 2.19. The van der Waals surface area contributed by atoms with Crippen LogP contribution in [0.2, 0.25) is 0 Å². The molecule has 5 heteroatoms. The van der Waals surface area contributed by atoms with Gasteiger partial charge in [0.2, 0.25) is 11.9 Å². The molecule has 0 aromatic carbocycles. The van der Waals surface area contributed by atoms with Crippen molar-refractivity contribution in [3.05, 3.63) is 24.3 Å². The molecule has 0 spiro atoms. The van der Waals surface area contributed by atoms with E-state index in [1.807, 2.05) is 0 Å². The fourth-order valence-corrected chi connectivity index (χ4v) is 1.78. The van der Waals surface area contributed by atoms with Gasteiger partial charge in [0.25, 0.3) is 0 Å². The summed E-state index contributed by atoms with van der Waals surface area (Å²) in [5, 5.41) is 2.65. The van der Waals surface area contributed by atoms with Crippen molar-refractivity contribution in [2.75, 3.05) is 5.32 Å². The molecule has 1 saturated carbocycles. The van der Waals surface area contributed by atoms with Gasteiger partial charge >= 0.3 is 0 Å². The highest BCUT2D eigenvalue weighted by atomic mass is 19.1. The largest absolute Gasteiger partial charge is 0.325 e. The fraction of sp³-hybridized carbons (Fsp3) is 0.455. The van der Waals surface area contributed by atoms with Crippen LogP contribution in [-0.4, -0.2) is 16.4 Å². The molecule has 0 bridgehead atoms. The van der Waals surface area contributed by atoms with Gasteiger partial charge < -0.3 is 11.1 Å². The molecule has 1 aliphatic carbocycles. The third-order valence-electron chi connectivity index (χ3n) is 2.87. The molecule has 4 nitrogen and oxygen atoms in total. The van der Waals surface area contributed by atoms with Gasteiger partial charge in [0.1, 0.15) is 0 Å². The van der Waals surface area contributed by atoms with E-state index in [-0.39, 0.29) is 11.4 Å². The van der Waals surface area contributed by atoms with Gasteiger partial charge in [-0.25, -0.2) is 4.98 Å². The number of hydrogen-bond acceptors (Lipinski definition) is 3. The zero-order chi connectivity index (χ0) is 11.6. The summed E-state index contributed by atoms with van der Waals surface area (Å²) in [7, 11) is 0. The molecule has 0 atom stereocenters. The molecule has 1 amide bonds. The lowest BCUT2D eigenvalue weighted by molar-refractivity contribution is -0.118. The van der Waals surface area contributed by atoms with Gasteiger partial charge in [-0.15, -0.1) is 0 Å². The molecule has 1 aliphatic rings. The number of carbonyl (C=O) groups is 1. The molecule has 1 fully saturated rings. The number of rotatable bonds is 3. The summed E-state index contributed by atoms with van der Waals surface area (Å²) in [6.07, 6.45) is 4.47. The Labute approximate surface area is 93.1 Å². The van der Waals surface area contributed by atoms with Crippen molar-refractivity contribution in [3.63, 3.8) is 0 Å². The van der Waals surface area contributed by atoms with E-state index in [1.54, 1.807) is 0 Å². The first-order valence-corrected chi connectivity index (χ1v) is 5.28. The zero-order valence-electron chi connectivity index (χ0n) is 8.87. The van der Waals surface area contributed by atoms with Gasteiger partial charge in [0, 0.05) is 12.0 Å². The van der Waals surface area contributed by atoms with E-state index in [0.717, 1.165) is 19.3 Å². The number of nitrogens with one attached hydrogen (secondary N) is 1. The Hall–Kier alpha value is -1.49. The second-order valence-corrected chi connectivity index (χ2v) is 4.31. The highest BCUT2D eigenvalue weighted by Crippen LogP contribution is 2.32. The maximum absolute atomic E-state index is 12.5. The number of nitrogens with two attached hydrogens (primary N) is 1. The third kappa shape index (κ3) is 2.55. The Morgan fingerprint density at radius 1 is 1.56 bits per heavy atom. The van der Waals surface area contributed by atoms with Crippen LogP contribution in [0.5, 0.6) is 0 Å². The maximum atomic E-state index is 12.5. The second kappa shape index (κ2) is 4.17. The Balaban J connectivity index is 1.89. The molecule has 0 saturated heterocycles. The molecular weight excluding hydrogens is 209 g/mol. The highest BCUT2D eigenvalue weighted by Gasteiger charge is 2.34. The van der Waals surface area contributed by atoms with Gasteiger partial charge in [-0.1, -0.05) is 0 Å². The van der Waals surface area contributed by atoms with Crippen LogP contribution >= 0.6 is 0 Å². The number of anilines is 1. The summed E-state index contributed by atoms with van der Waals surface area (Å²) >= 11 is 0. The van der Waals surface area contributed by atoms with Crippen LogP contribution in [0.1, 0.15) is 25.7 Å². The van der Waals surface area contributed by atoms with Crippen LogP contribution in [0.3, 0.4) is 0 Å². The van der Waals surface area contributed by atoms with Crippen molar-refractivity contribution in [2.45, 2.75) is 31.2 Å². The lowest BCUT2D eigenvalue weighted by Crippen LogP contribution is -2.48. The van der Waals surface area contributed by atoms with Crippen LogP contribution in [0, 0.1) is 5.95 Å². The highest BCUT2D eigenvalue weighted by molar-refractivity contribution is 5.91. The molecule has 1 aromatic rings. The van der Waals surface area contributed by atoms with Gasteiger partial charge in [-0.3, -0.25) is 4.79 Å². The number of nitrogens with zero attached hydrogens (tertiary/aromatic N) is 1. The maximum Gasteiger partial charge on any atom is 0.226 e. The van der Waals surface area contributed by atoms with Crippen LogP contribution < -0.4 is 11.1 Å². The molecule has 86 valence electrons. The van der Waals surface area contributed by atoms with Crippen molar-refractivity contribution in [2.24, 2.45) is 5.73 Å². The lowest BCUT2D eigenvalue weighted by atomic mass is 9.75. The summed E-state index contributed by atoms with van der Waals surface area (Å²) in [5.74, 6) is -0.706. The first-order valence-electron chi connectivity index (χ1n) is 5.28. The smallest absolute Gasteiger partial charge is 0.226 e. The second-order valence-electron chi connectivity index (χ2n) is 4.31. The number of hydrogen-bond donors (Lipinski definition) is 2. The van der Waals surface area contributed by atoms with E-state index in [4.69, 9.17) is 5.73 Å². The monoisotopic (exact) mass is 223 g/mol. The quantitative estimate of drug-likeness (QED) is 0.762. The number of pyridine rings is 1. The summed E-state index contributed by atoms with van der Waals surface area (Å²) in [5.41, 5.74) is 6.10. The Kier molecular flexibility index (Phi) is 2.87. The van der Waals surface area contributed by atoms with Crippen LogP contribution in [0.4, 0.5) is 10.1 Å². The van der Waals surface area contributed by atoms with E-state index in [1.165, 1.54) is 18.3 Å². The molecule has 1 aromatic heterocycles.